The van der Waals surface area contributed by atoms with Gasteiger partial charge < -0.3 is 9.47 Å². The van der Waals surface area contributed by atoms with Crippen molar-refractivity contribution in [3.05, 3.63) is 206 Å². The van der Waals surface area contributed by atoms with Gasteiger partial charge >= 0.3 is 0 Å². The van der Waals surface area contributed by atoms with Crippen molar-refractivity contribution in [1.29, 1.82) is 0 Å². The van der Waals surface area contributed by atoms with Gasteiger partial charge in [-0.1, -0.05) is 103 Å². The minimum absolute atomic E-state index is 0.256. The van der Waals surface area contributed by atoms with Crippen LogP contribution < -0.4 is 4.90 Å². The van der Waals surface area contributed by atoms with Crippen molar-refractivity contribution in [2.24, 2.45) is 0 Å². The van der Waals surface area contributed by atoms with E-state index in [4.69, 9.17) is 0 Å². The molecule has 0 unspecified atom stereocenters. The molecule has 54 heavy (non-hydrogen) atoms. The highest BCUT2D eigenvalue weighted by atomic mass is 32.1. The third kappa shape index (κ3) is 5.74. The van der Waals surface area contributed by atoms with Gasteiger partial charge in [-0.05, 0) is 130 Å². The lowest BCUT2D eigenvalue weighted by atomic mass is 10.0. The van der Waals surface area contributed by atoms with Gasteiger partial charge in [0.25, 0.3) is 0 Å². The van der Waals surface area contributed by atoms with Crippen molar-refractivity contribution in [3.8, 4) is 38.4 Å². The Morgan fingerprint density at radius 3 is 1.52 bits per heavy atom. The number of anilines is 3. The molecular formula is C50H33FN2S. The third-order valence-electron chi connectivity index (χ3n) is 10.3. The van der Waals surface area contributed by atoms with Crippen LogP contribution in [-0.4, -0.2) is 4.57 Å². The second-order valence-electron chi connectivity index (χ2n) is 13.6. The van der Waals surface area contributed by atoms with E-state index < -0.39 is 0 Å². The Morgan fingerprint density at radius 2 is 0.889 bits per heavy atom. The van der Waals surface area contributed by atoms with Crippen LogP contribution in [0, 0.1) is 5.82 Å². The number of halogens is 1. The van der Waals surface area contributed by atoms with Crippen molar-refractivity contribution >= 4 is 60.3 Å². The van der Waals surface area contributed by atoms with Gasteiger partial charge in [-0.2, -0.15) is 0 Å². The monoisotopic (exact) mass is 712 g/mol. The van der Waals surface area contributed by atoms with Gasteiger partial charge in [-0.25, -0.2) is 4.39 Å². The number of hydrogen-bond acceptors (Lipinski definition) is 2. The molecule has 0 aliphatic heterocycles. The van der Waals surface area contributed by atoms with Gasteiger partial charge in [-0.3, -0.25) is 0 Å². The summed E-state index contributed by atoms with van der Waals surface area (Å²) in [5.74, 6) is -0.256. The fraction of sp³-hybridized carbons (Fsp3) is 0. The Kier molecular flexibility index (Phi) is 7.89. The first-order chi connectivity index (χ1) is 26.7. The van der Waals surface area contributed by atoms with E-state index in [9.17, 15) is 4.39 Å². The summed E-state index contributed by atoms with van der Waals surface area (Å²) < 4.78 is 17.7. The first-order valence-corrected chi connectivity index (χ1v) is 18.9. The second kappa shape index (κ2) is 13.3. The quantitative estimate of drug-likeness (QED) is 0.160. The summed E-state index contributed by atoms with van der Waals surface area (Å²) in [7, 11) is 0. The number of benzene rings is 8. The van der Waals surface area contributed by atoms with Crippen molar-refractivity contribution in [2.45, 2.75) is 0 Å². The van der Waals surface area contributed by atoms with E-state index in [0.29, 0.717) is 0 Å². The Labute approximate surface area is 317 Å². The molecule has 0 saturated carbocycles. The molecule has 2 nitrogen and oxygen atoms in total. The molecule has 0 atom stereocenters. The summed E-state index contributed by atoms with van der Waals surface area (Å²) in [6.45, 7) is 0. The lowest BCUT2D eigenvalue weighted by Crippen LogP contribution is -2.09. The van der Waals surface area contributed by atoms with E-state index in [0.717, 1.165) is 39.4 Å². The van der Waals surface area contributed by atoms with E-state index in [2.05, 4.69) is 179 Å². The molecule has 0 aliphatic carbocycles. The number of thiophene rings is 1. The average Bonchev–Trinajstić information content (AvgIpc) is 3.82. The first kappa shape index (κ1) is 31.9. The molecule has 10 rings (SSSR count). The highest BCUT2D eigenvalue weighted by Gasteiger charge is 2.17. The largest absolute Gasteiger partial charge is 0.311 e. The van der Waals surface area contributed by atoms with Crippen molar-refractivity contribution in [3.63, 3.8) is 0 Å². The molecule has 0 bridgehead atoms. The molecule has 0 saturated heterocycles. The number of nitrogens with zero attached hydrogens (tertiary/aromatic N) is 2. The van der Waals surface area contributed by atoms with E-state index in [1.54, 1.807) is 0 Å². The first-order valence-electron chi connectivity index (χ1n) is 18.1. The number of rotatable bonds is 7. The highest BCUT2D eigenvalue weighted by molar-refractivity contribution is 7.22. The molecule has 256 valence electrons. The summed E-state index contributed by atoms with van der Waals surface area (Å²) in [5.41, 5.74) is 12.2. The van der Waals surface area contributed by atoms with Gasteiger partial charge in [0.2, 0.25) is 0 Å². The molecule has 0 radical (unpaired) electrons. The maximum Gasteiger partial charge on any atom is 0.123 e. The van der Waals surface area contributed by atoms with Crippen LogP contribution in [0.2, 0.25) is 0 Å². The van der Waals surface area contributed by atoms with Gasteiger partial charge in [0.05, 0.1) is 11.0 Å². The molecule has 10 aromatic rings. The number of fused-ring (bicyclic) bond motifs is 4. The molecule has 4 heteroatoms. The summed E-state index contributed by atoms with van der Waals surface area (Å²) in [4.78, 5) is 3.44. The number of hydrogen-bond donors (Lipinski definition) is 0. The van der Waals surface area contributed by atoms with Crippen LogP contribution in [0.4, 0.5) is 21.5 Å². The fourth-order valence-corrected chi connectivity index (χ4v) is 8.67. The summed E-state index contributed by atoms with van der Waals surface area (Å²) >= 11 is 1.84. The predicted octanol–water partition coefficient (Wildman–Crippen LogP) is 14.6. The third-order valence-corrected chi connectivity index (χ3v) is 11.4. The lowest BCUT2D eigenvalue weighted by Gasteiger charge is -2.26. The zero-order valence-corrected chi connectivity index (χ0v) is 30.0. The molecular weight excluding hydrogens is 680 g/mol. The molecule has 0 fully saturated rings. The molecule has 0 aliphatic rings. The molecule has 8 aromatic carbocycles. The number of para-hydroxylation sites is 1. The average molecular weight is 713 g/mol. The molecule has 0 spiro atoms. The van der Waals surface area contributed by atoms with Crippen molar-refractivity contribution in [2.75, 3.05) is 4.90 Å². The topological polar surface area (TPSA) is 8.17 Å². The van der Waals surface area contributed by atoms with Crippen LogP contribution >= 0.6 is 11.3 Å². The Balaban J connectivity index is 1.06. The zero-order chi connectivity index (χ0) is 36.0. The zero-order valence-electron chi connectivity index (χ0n) is 29.2. The fourth-order valence-electron chi connectivity index (χ4n) is 7.61. The van der Waals surface area contributed by atoms with Crippen molar-refractivity contribution < 1.29 is 4.39 Å². The van der Waals surface area contributed by atoms with Crippen LogP contribution in [0.1, 0.15) is 0 Å². The van der Waals surface area contributed by atoms with Gasteiger partial charge in [0, 0.05) is 43.1 Å². The standard InChI is InChI=1S/C50H33FN2S/c51-40-21-27-44(28-22-40)52(42-23-15-35(16-24-42)34-9-3-1-4-10-34)43-25-17-36(18-26-43)37-19-29-47-45(31-37)46-32-39(50-33-38-11-7-8-14-49(38)54-50)20-30-48(46)53(47)41-12-5-2-6-13-41/h1-33H. The maximum absolute atomic E-state index is 14.1. The second-order valence-corrected chi connectivity index (χ2v) is 14.6. The van der Waals surface area contributed by atoms with Crippen LogP contribution in [0.25, 0.3) is 70.3 Å². The highest BCUT2D eigenvalue weighted by Crippen LogP contribution is 2.41. The van der Waals surface area contributed by atoms with E-state index in [1.165, 1.54) is 60.0 Å². The van der Waals surface area contributed by atoms with Gasteiger partial charge in [0.15, 0.2) is 0 Å². The van der Waals surface area contributed by atoms with E-state index in [1.807, 2.05) is 29.5 Å². The molecule has 0 amide bonds. The smallest absolute Gasteiger partial charge is 0.123 e. The summed E-state index contributed by atoms with van der Waals surface area (Å²) in [5, 5.41) is 3.71. The minimum atomic E-state index is -0.256. The normalized spacial score (nSPS) is 11.4. The lowest BCUT2D eigenvalue weighted by molar-refractivity contribution is 0.628. The number of aromatic nitrogens is 1. The van der Waals surface area contributed by atoms with Crippen LogP contribution in [0.15, 0.2) is 200 Å². The molecule has 0 N–H and O–H groups in total. The van der Waals surface area contributed by atoms with Gasteiger partial charge in [0.1, 0.15) is 5.82 Å². The van der Waals surface area contributed by atoms with Crippen LogP contribution in [0.5, 0.6) is 0 Å². The summed E-state index contributed by atoms with van der Waals surface area (Å²) in [6.07, 6.45) is 0. The summed E-state index contributed by atoms with van der Waals surface area (Å²) in [6, 6.07) is 69.5. The van der Waals surface area contributed by atoms with Crippen molar-refractivity contribution in [1.82, 2.24) is 4.57 Å². The van der Waals surface area contributed by atoms with E-state index in [-0.39, 0.29) is 5.82 Å². The maximum atomic E-state index is 14.1. The predicted molar refractivity (Wildman–Crippen MR) is 227 cm³/mol. The Morgan fingerprint density at radius 1 is 0.407 bits per heavy atom. The minimum Gasteiger partial charge on any atom is -0.311 e. The van der Waals surface area contributed by atoms with Gasteiger partial charge in [-0.15, -0.1) is 11.3 Å². The van der Waals surface area contributed by atoms with Crippen LogP contribution in [0.3, 0.4) is 0 Å². The Bertz CT molecular complexity index is 2880. The SMILES string of the molecule is Fc1ccc(N(c2ccc(-c3ccccc3)cc2)c2ccc(-c3ccc4c(c3)c3cc(-c5cc6ccccc6s5)ccc3n4-c3ccccc3)cc2)cc1. The van der Waals surface area contributed by atoms with Crippen LogP contribution in [-0.2, 0) is 0 Å². The molecule has 2 aromatic heterocycles. The molecule has 2 heterocycles. The van der Waals surface area contributed by atoms with E-state index >= 15 is 0 Å². The Hall–Kier alpha value is -6.75.